The lowest BCUT2D eigenvalue weighted by atomic mass is 10.1. The van der Waals surface area contributed by atoms with Crippen molar-refractivity contribution < 1.29 is 13.5 Å². The molecule has 1 fully saturated rings. The van der Waals surface area contributed by atoms with Crippen LogP contribution in [0.3, 0.4) is 0 Å². The number of aromatic nitrogens is 1. The topological polar surface area (TPSA) is 70.5 Å². The standard InChI is InChI=1S/C11H16N2O3S/c1-13(6-9-3-2-4-12-5-9)10-7-17(15,16)8-11(10)14/h2-5,10-11,14H,6-8H2,1H3. The van der Waals surface area contributed by atoms with Crippen LogP contribution in [0.2, 0.25) is 0 Å². The van der Waals surface area contributed by atoms with Crippen molar-refractivity contribution in [3.8, 4) is 0 Å². The summed E-state index contributed by atoms with van der Waals surface area (Å²) in [7, 11) is -1.27. The molecule has 2 heterocycles. The van der Waals surface area contributed by atoms with Crippen molar-refractivity contribution in [2.45, 2.75) is 18.7 Å². The Morgan fingerprint density at radius 1 is 1.53 bits per heavy atom. The molecule has 1 N–H and O–H groups in total. The van der Waals surface area contributed by atoms with Gasteiger partial charge in [-0.05, 0) is 18.7 Å². The fraction of sp³-hybridized carbons (Fsp3) is 0.545. The zero-order valence-electron chi connectivity index (χ0n) is 9.65. The Bertz CT molecular complexity index is 475. The number of likely N-dealkylation sites (N-methyl/N-ethyl adjacent to an activating group) is 1. The summed E-state index contributed by atoms with van der Waals surface area (Å²) < 4.78 is 22.8. The first-order valence-electron chi connectivity index (χ1n) is 5.45. The van der Waals surface area contributed by atoms with Crippen LogP contribution < -0.4 is 0 Å². The zero-order chi connectivity index (χ0) is 12.5. The van der Waals surface area contributed by atoms with E-state index in [-0.39, 0.29) is 17.5 Å². The summed E-state index contributed by atoms with van der Waals surface area (Å²) in [5.74, 6) is -0.0972. The number of nitrogens with zero attached hydrogens (tertiary/aromatic N) is 2. The van der Waals surface area contributed by atoms with E-state index in [1.165, 1.54) is 0 Å². The second-order valence-corrected chi connectivity index (χ2v) is 6.64. The van der Waals surface area contributed by atoms with E-state index in [0.29, 0.717) is 6.54 Å². The molecular formula is C11H16N2O3S. The highest BCUT2D eigenvalue weighted by Gasteiger charge is 2.38. The summed E-state index contributed by atoms with van der Waals surface area (Å²) in [5, 5.41) is 9.74. The molecule has 17 heavy (non-hydrogen) atoms. The molecular weight excluding hydrogens is 240 g/mol. The first kappa shape index (κ1) is 12.5. The molecule has 2 rings (SSSR count). The van der Waals surface area contributed by atoms with Gasteiger partial charge in [-0.2, -0.15) is 0 Å². The number of aliphatic hydroxyl groups is 1. The predicted octanol–water partition coefficient (Wildman–Crippen LogP) is -0.329. The number of aliphatic hydroxyl groups excluding tert-OH is 1. The van der Waals surface area contributed by atoms with Gasteiger partial charge in [-0.25, -0.2) is 8.42 Å². The lowest BCUT2D eigenvalue weighted by molar-refractivity contribution is 0.0957. The lowest BCUT2D eigenvalue weighted by Crippen LogP contribution is -2.40. The van der Waals surface area contributed by atoms with Crippen molar-refractivity contribution >= 4 is 9.84 Å². The van der Waals surface area contributed by atoms with Crippen molar-refractivity contribution in [3.05, 3.63) is 30.1 Å². The van der Waals surface area contributed by atoms with Crippen LogP contribution in [-0.4, -0.2) is 54.1 Å². The van der Waals surface area contributed by atoms with Gasteiger partial charge in [-0.3, -0.25) is 9.88 Å². The summed E-state index contributed by atoms with van der Waals surface area (Å²) in [6, 6.07) is 3.45. The molecule has 0 radical (unpaired) electrons. The van der Waals surface area contributed by atoms with E-state index in [0.717, 1.165) is 5.56 Å². The summed E-state index contributed by atoms with van der Waals surface area (Å²) in [6.07, 6.45) is 2.65. The van der Waals surface area contributed by atoms with Crippen molar-refractivity contribution in [2.75, 3.05) is 18.6 Å². The van der Waals surface area contributed by atoms with E-state index in [9.17, 15) is 13.5 Å². The number of rotatable bonds is 3. The molecule has 0 spiro atoms. The maximum absolute atomic E-state index is 11.4. The van der Waals surface area contributed by atoms with E-state index >= 15 is 0 Å². The van der Waals surface area contributed by atoms with Crippen LogP contribution in [0, 0.1) is 0 Å². The molecule has 0 amide bonds. The second-order valence-electron chi connectivity index (χ2n) is 4.49. The van der Waals surface area contributed by atoms with Gasteiger partial charge in [0.2, 0.25) is 0 Å². The maximum Gasteiger partial charge on any atom is 0.154 e. The van der Waals surface area contributed by atoms with Crippen LogP contribution in [-0.2, 0) is 16.4 Å². The van der Waals surface area contributed by atoms with E-state index < -0.39 is 15.9 Å². The third kappa shape index (κ3) is 3.02. The molecule has 1 aromatic rings. The molecule has 6 heteroatoms. The maximum atomic E-state index is 11.4. The molecule has 0 bridgehead atoms. The zero-order valence-corrected chi connectivity index (χ0v) is 10.5. The molecule has 1 aromatic heterocycles. The van der Waals surface area contributed by atoms with Crippen molar-refractivity contribution in [1.82, 2.24) is 9.88 Å². The number of hydrogen-bond acceptors (Lipinski definition) is 5. The molecule has 0 aromatic carbocycles. The fourth-order valence-corrected chi connectivity index (χ4v) is 4.00. The summed E-state index contributed by atoms with van der Waals surface area (Å²) in [6.45, 7) is 0.588. The van der Waals surface area contributed by atoms with Crippen LogP contribution in [0.1, 0.15) is 5.56 Å². The quantitative estimate of drug-likeness (QED) is 0.802. The minimum absolute atomic E-state index is 0.0327. The highest BCUT2D eigenvalue weighted by atomic mass is 32.2. The molecule has 0 saturated carbocycles. The molecule has 1 saturated heterocycles. The minimum atomic E-state index is -3.09. The van der Waals surface area contributed by atoms with Gasteiger partial charge >= 0.3 is 0 Å². The highest BCUT2D eigenvalue weighted by Crippen LogP contribution is 2.18. The second kappa shape index (κ2) is 4.72. The third-order valence-electron chi connectivity index (χ3n) is 3.01. The predicted molar refractivity (Wildman–Crippen MR) is 64.2 cm³/mol. The fourth-order valence-electron chi connectivity index (χ4n) is 2.13. The molecule has 2 unspecified atom stereocenters. The molecule has 1 aliphatic heterocycles. The normalized spacial score (nSPS) is 27.5. The summed E-state index contributed by atoms with van der Waals surface area (Å²) >= 11 is 0. The molecule has 0 aliphatic carbocycles. The Morgan fingerprint density at radius 3 is 2.82 bits per heavy atom. The van der Waals surface area contributed by atoms with Crippen LogP contribution in [0.25, 0.3) is 0 Å². The lowest BCUT2D eigenvalue weighted by Gasteiger charge is -2.25. The summed E-state index contributed by atoms with van der Waals surface area (Å²) in [5.41, 5.74) is 1.01. The van der Waals surface area contributed by atoms with E-state index in [4.69, 9.17) is 0 Å². The van der Waals surface area contributed by atoms with E-state index in [1.807, 2.05) is 24.1 Å². The van der Waals surface area contributed by atoms with E-state index in [2.05, 4.69) is 4.98 Å². The van der Waals surface area contributed by atoms with E-state index in [1.54, 1.807) is 12.4 Å². The number of pyridine rings is 1. The smallest absolute Gasteiger partial charge is 0.154 e. The van der Waals surface area contributed by atoms with Gasteiger partial charge in [0.15, 0.2) is 9.84 Å². The Labute approximate surface area is 101 Å². The monoisotopic (exact) mass is 256 g/mol. The number of hydrogen-bond donors (Lipinski definition) is 1. The van der Waals surface area contributed by atoms with Crippen LogP contribution in [0.5, 0.6) is 0 Å². The average molecular weight is 256 g/mol. The summed E-state index contributed by atoms with van der Waals surface area (Å²) in [4.78, 5) is 5.87. The third-order valence-corrected chi connectivity index (χ3v) is 4.71. The van der Waals surface area contributed by atoms with Gasteiger partial charge in [-0.15, -0.1) is 0 Å². The first-order chi connectivity index (χ1) is 7.98. The van der Waals surface area contributed by atoms with Crippen molar-refractivity contribution in [2.24, 2.45) is 0 Å². The minimum Gasteiger partial charge on any atom is -0.390 e. The van der Waals surface area contributed by atoms with Gasteiger partial charge in [0.05, 0.1) is 23.7 Å². The number of sulfone groups is 1. The van der Waals surface area contributed by atoms with Gasteiger partial charge in [0.1, 0.15) is 0 Å². The molecule has 1 aliphatic rings. The van der Waals surface area contributed by atoms with Crippen molar-refractivity contribution in [3.63, 3.8) is 0 Å². The Balaban J connectivity index is 2.04. The van der Waals surface area contributed by atoms with Gasteiger partial charge in [0, 0.05) is 18.9 Å². The van der Waals surface area contributed by atoms with Crippen LogP contribution in [0.4, 0.5) is 0 Å². The Hall–Kier alpha value is -0.980. The Morgan fingerprint density at radius 2 is 2.29 bits per heavy atom. The van der Waals surface area contributed by atoms with Crippen LogP contribution >= 0.6 is 0 Å². The van der Waals surface area contributed by atoms with Gasteiger partial charge in [0.25, 0.3) is 0 Å². The molecule has 2 atom stereocenters. The SMILES string of the molecule is CN(Cc1cccnc1)C1CS(=O)(=O)CC1O. The highest BCUT2D eigenvalue weighted by molar-refractivity contribution is 7.91. The Kier molecular flexibility index (Phi) is 3.46. The van der Waals surface area contributed by atoms with Gasteiger partial charge < -0.3 is 5.11 Å². The van der Waals surface area contributed by atoms with Crippen molar-refractivity contribution in [1.29, 1.82) is 0 Å². The van der Waals surface area contributed by atoms with Crippen LogP contribution in [0.15, 0.2) is 24.5 Å². The first-order valence-corrected chi connectivity index (χ1v) is 7.28. The molecule has 94 valence electrons. The largest absolute Gasteiger partial charge is 0.390 e. The van der Waals surface area contributed by atoms with Gasteiger partial charge in [-0.1, -0.05) is 6.07 Å². The molecule has 5 nitrogen and oxygen atoms in total. The average Bonchev–Trinajstić information content (AvgIpc) is 2.54.